The zero-order valence-corrected chi connectivity index (χ0v) is 15.0. The number of amides is 1. The fraction of sp³-hybridized carbons (Fsp3) is 0.300. The average molecular weight is 377 g/mol. The Balaban J connectivity index is 1.91. The van der Waals surface area contributed by atoms with Crippen LogP contribution < -0.4 is 10.1 Å². The van der Waals surface area contributed by atoms with Crippen LogP contribution in [-0.2, 0) is 14.3 Å². The molecule has 0 aliphatic carbocycles. The van der Waals surface area contributed by atoms with Crippen molar-refractivity contribution in [2.45, 2.75) is 38.9 Å². The molecule has 1 N–H and O–H groups in total. The zero-order chi connectivity index (χ0) is 19.8. The molecule has 0 bridgehead atoms. The highest BCUT2D eigenvalue weighted by Gasteiger charge is 2.21. The first-order chi connectivity index (χ1) is 12.9. The van der Waals surface area contributed by atoms with E-state index in [-0.39, 0.29) is 23.8 Å². The fourth-order valence-corrected chi connectivity index (χ4v) is 2.45. The Morgan fingerprint density at radius 1 is 1.00 bits per heavy atom. The van der Waals surface area contributed by atoms with E-state index in [1.807, 2.05) is 37.3 Å². The minimum atomic E-state index is -3.02. The lowest BCUT2D eigenvalue weighted by Crippen LogP contribution is -2.30. The van der Waals surface area contributed by atoms with E-state index >= 15 is 0 Å². The molecule has 0 radical (unpaired) electrons. The van der Waals surface area contributed by atoms with E-state index < -0.39 is 24.6 Å². The van der Waals surface area contributed by atoms with Crippen LogP contribution in [0.15, 0.2) is 54.6 Å². The summed E-state index contributed by atoms with van der Waals surface area (Å²) in [5.41, 5.74) is 1.06. The van der Waals surface area contributed by atoms with E-state index in [1.165, 1.54) is 25.1 Å². The van der Waals surface area contributed by atoms with Crippen molar-refractivity contribution in [1.82, 2.24) is 0 Å². The lowest BCUT2D eigenvalue weighted by Gasteiger charge is -2.17. The number of alkyl halides is 2. The maximum atomic E-state index is 12.4. The highest BCUT2D eigenvalue weighted by Crippen LogP contribution is 2.26. The van der Waals surface area contributed by atoms with Crippen LogP contribution in [0.4, 0.5) is 14.5 Å². The number of para-hydroxylation sites is 2. The van der Waals surface area contributed by atoms with Crippen molar-refractivity contribution in [3.63, 3.8) is 0 Å². The molecule has 0 aromatic heterocycles. The van der Waals surface area contributed by atoms with E-state index in [0.29, 0.717) is 0 Å². The molecule has 0 unspecified atom stereocenters. The zero-order valence-electron chi connectivity index (χ0n) is 15.0. The van der Waals surface area contributed by atoms with Crippen LogP contribution in [0.5, 0.6) is 5.75 Å². The van der Waals surface area contributed by atoms with Crippen LogP contribution in [0.25, 0.3) is 0 Å². The van der Waals surface area contributed by atoms with Gasteiger partial charge in [0, 0.05) is 0 Å². The molecule has 0 saturated heterocycles. The van der Waals surface area contributed by atoms with Crippen molar-refractivity contribution in [2.75, 3.05) is 5.32 Å². The average Bonchev–Trinajstić information content (AvgIpc) is 2.63. The first-order valence-corrected chi connectivity index (χ1v) is 8.46. The van der Waals surface area contributed by atoms with Gasteiger partial charge in [0.2, 0.25) is 0 Å². The largest absolute Gasteiger partial charge is 0.453 e. The van der Waals surface area contributed by atoms with Crippen LogP contribution in [-0.4, -0.2) is 24.6 Å². The van der Waals surface area contributed by atoms with Gasteiger partial charge in [0.15, 0.2) is 6.10 Å². The Morgan fingerprint density at radius 3 is 2.30 bits per heavy atom. The highest BCUT2D eigenvalue weighted by atomic mass is 19.3. The molecule has 7 heteroatoms. The molecule has 0 saturated carbocycles. The first-order valence-electron chi connectivity index (χ1n) is 8.46. The summed E-state index contributed by atoms with van der Waals surface area (Å²) in [7, 11) is 0. The molecule has 2 aromatic rings. The Hall–Kier alpha value is -2.96. The molecule has 144 valence electrons. The number of esters is 1. The normalized spacial score (nSPS) is 12.9. The Labute approximate surface area is 156 Å². The maximum absolute atomic E-state index is 12.4. The van der Waals surface area contributed by atoms with E-state index in [4.69, 9.17) is 4.74 Å². The van der Waals surface area contributed by atoms with Crippen molar-refractivity contribution in [3.8, 4) is 5.75 Å². The summed E-state index contributed by atoms with van der Waals surface area (Å²) >= 11 is 0. The Kier molecular flexibility index (Phi) is 7.28. The fourth-order valence-electron chi connectivity index (χ4n) is 2.45. The molecule has 0 aliphatic rings. The monoisotopic (exact) mass is 377 g/mol. The molecule has 5 nitrogen and oxygen atoms in total. The number of carbonyl (C=O) groups excluding carboxylic acids is 2. The van der Waals surface area contributed by atoms with Gasteiger partial charge in [0.1, 0.15) is 5.75 Å². The van der Waals surface area contributed by atoms with Gasteiger partial charge in [-0.3, -0.25) is 9.59 Å². The van der Waals surface area contributed by atoms with Gasteiger partial charge in [-0.25, -0.2) is 0 Å². The van der Waals surface area contributed by atoms with Gasteiger partial charge in [-0.1, -0.05) is 49.4 Å². The molecular weight excluding hydrogens is 356 g/mol. The number of rotatable bonds is 8. The lowest BCUT2D eigenvalue weighted by molar-refractivity contribution is -0.153. The summed E-state index contributed by atoms with van der Waals surface area (Å²) in [6.45, 7) is 0.286. The Bertz CT molecular complexity index is 768. The third-order valence-electron chi connectivity index (χ3n) is 3.88. The minimum Gasteiger partial charge on any atom is -0.453 e. The van der Waals surface area contributed by atoms with Crippen LogP contribution in [0, 0.1) is 0 Å². The second-order valence-corrected chi connectivity index (χ2v) is 6.01. The van der Waals surface area contributed by atoms with Gasteiger partial charge in [0.25, 0.3) is 5.91 Å². The smallest absolute Gasteiger partial charge is 0.387 e. The number of ether oxygens (including phenoxy) is 2. The summed E-state index contributed by atoms with van der Waals surface area (Å²) in [5, 5.41) is 2.43. The topological polar surface area (TPSA) is 64.6 Å². The number of carbonyl (C=O) groups is 2. The number of benzene rings is 2. The van der Waals surface area contributed by atoms with Crippen LogP contribution in [0.3, 0.4) is 0 Å². The van der Waals surface area contributed by atoms with Crippen molar-refractivity contribution < 1.29 is 27.8 Å². The standard InChI is InChI=1S/C20H21F2NO4/c1-13(15-8-4-3-5-9-15)12-18(24)26-14(2)19(25)23-16-10-6-7-11-17(16)27-20(21)22/h3-11,13-14,20H,12H2,1-2H3,(H,23,25)/t13-,14-/m0/s1. The van der Waals surface area contributed by atoms with E-state index in [0.717, 1.165) is 5.56 Å². The predicted octanol–water partition coefficient (Wildman–Crippen LogP) is 4.35. The summed E-state index contributed by atoms with van der Waals surface area (Å²) in [6, 6.07) is 15.3. The SMILES string of the molecule is C[C@H](OC(=O)C[C@H](C)c1ccccc1)C(=O)Nc1ccccc1OC(F)F. The number of anilines is 1. The molecule has 2 aromatic carbocycles. The molecule has 1 amide bonds. The molecule has 0 aliphatic heterocycles. The lowest BCUT2D eigenvalue weighted by atomic mass is 9.98. The molecule has 2 atom stereocenters. The van der Waals surface area contributed by atoms with Crippen molar-refractivity contribution >= 4 is 17.6 Å². The number of nitrogens with one attached hydrogen (secondary N) is 1. The second kappa shape index (κ2) is 9.66. The van der Waals surface area contributed by atoms with Gasteiger partial charge >= 0.3 is 12.6 Å². The van der Waals surface area contributed by atoms with Crippen LogP contribution in [0.1, 0.15) is 31.7 Å². The summed E-state index contributed by atoms with van der Waals surface area (Å²) in [4.78, 5) is 24.3. The highest BCUT2D eigenvalue weighted by molar-refractivity contribution is 5.96. The molecular formula is C20H21F2NO4. The maximum Gasteiger partial charge on any atom is 0.387 e. The van der Waals surface area contributed by atoms with E-state index in [1.54, 1.807) is 6.07 Å². The van der Waals surface area contributed by atoms with Gasteiger partial charge in [-0.2, -0.15) is 8.78 Å². The third kappa shape index (κ3) is 6.36. The molecule has 0 fully saturated rings. The Morgan fingerprint density at radius 2 is 1.63 bits per heavy atom. The predicted molar refractivity (Wildman–Crippen MR) is 96.7 cm³/mol. The minimum absolute atomic E-state index is 0.0610. The third-order valence-corrected chi connectivity index (χ3v) is 3.88. The summed E-state index contributed by atoms with van der Waals surface area (Å²) in [6.07, 6.45) is -0.965. The second-order valence-electron chi connectivity index (χ2n) is 6.01. The summed E-state index contributed by atoms with van der Waals surface area (Å²) in [5.74, 6) is -1.39. The number of hydrogen-bond acceptors (Lipinski definition) is 4. The van der Waals surface area contributed by atoms with Gasteiger partial charge in [-0.05, 0) is 30.5 Å². The van der Waals surface area contributed by atoms with Gasteiger partial charge in [0.05, 0.1) is 12.1 Å². The molecule has 27 heavy (non-hydrogen) atoms. The van der Waals surface area contributed by atoms with Gasteiger partial charge < -0.3 is 14.8 Å². The van der Waals surface area contributed by atoms with E-state index in [9.17, 15) is 18.4 Å². The number of halogens is 2. The van der Waals surface area contributed by atoms with Gasteiger partial charge in [-0.15, -0.1) is 0 Å². The molecule has 0 spiro atoms. The summed E-state index contributed by atoms with van der Waals surface area (Å²) < 4.78 is 34.4. The van der Waals surface area contributed by atoms with Crippen LogP contribution >= 0.6 is 0 Å². The van der Waals surface area contributed by atoms with Crippen molar-refractivity contribution in [1.29, 1.82) is 0 Å². The van der Waals surface area contributed by atoms with E-state index in [2.05, 4.69) is 10.1 Å². The number of hydrogen-bond donors (Lipinski definition) is 1. The van der Waals surface area contributed by atoms with Crippen molar-refractivity contribution in [2.24, 2.45) is 0 Å². The molecule has 2 rings (SSSR count). The molecule has 0 heterocycles. The van der Waals surface area contributed by atoms with Crippen molar-refractivity contribution in [3.05, 3.63) is 60.2 Å². The first kappa shape index (κ1) is 20.4. The quantitative estimate of drug-likeness (QED) is 0.695. The van der Waals surface area contributed by atoms with Crippen LogP contribution in [0.2, 0.25) is 0 Å².